The number of para-hydroxylation sites is 2. The molecule has 0 radical (unpaired) electrons. The van der Waals surface area contributed by atoms with Crippen LogP contribution in [0.3, 0.4) is 0 Å². The van der Waals surface area contributed by atoms with Crippen LogP contribution in [0, 0.1) is 0 Å². The smallest absolute Gasteiger partial charge is 0.257 e. The van der Waals surface area contributed by atoms with Crippen molar-refractivity contribution in [2.45, 2.75) is 0 Å². The fourth-order valence-corrected chi connectivity index (χ4v) is 1.70. The Morgan fingerprint density at radius 1 is 1.00 bits per heavy atom. The molecule has 0 fully saturated rings. The topological polar surface area (TPSA) is 61.4 Å². The number of hydrogen-bond donors (Lipinski definition) is 3. The molecule has 0 heterocycles. The molecule has 0 spiro atoms. The van der Waals surface area contributed by atoms with Crippen LogP contribution >= 0.6 is 12.2 Å². The summed E-state index contributed by atoms with van der Waals surface area (Å²) in [6.45, 7) is 0. The lowest BCUT2D eigenvalue weighted by Gasteiger charge is -2.10. The van der Waals surface area contributed by atoms with Gasteiger partial charge in [0.25, 0.3) is 5.91 Å². The third kappa shape index (κ3) is 3.53. The first kappa shape index (κ1) is 13.0. The van der Waals surface area contributed by atoms with E-state index >= 15 is 0 Å². The average molecular weight is 272 g/mol. The lowest BCUT2D eigenvalue weighted by Crippen LogP contribution is -2.34. The zero-order chi connectivity index (χ0) is 13.7. The Hall–Kier alpha value is -2.40. The van der Waals surface area contributed by atoms with Crippen molar-refractivity contribution in [3.05, 3.63) is 60.2 Å². The van der Waals surface area contributed by atoms with Gasteiger partial charge in [-0.1, -0.05) is 30.3 Å². The number of rotatable bonds is 2. The molecule has 0 aliphatic heterocycles. The summed E-state index contributed by atoms with van der Waals surface area (Å²) in [4.78, 5) is 11.8. The third-order valence-electron chi connectivity index (χ3n) is 2.42. The van der Waals surface area contributed by atoms with Crippen LogP contribution in [-0.4, -0.2) is 16.1 Å². The molecule has 1 amide bonds. The zero-order valence-electron chi connectivity index (χ0n) is 9.96. The fraction of sp³-hybridized carbons (Fsp3) is 0. The predicted molar refractivity (Wildman–Crippen MR) is 78.2 cm³/mol. The summed E-state index contributed by atoms with van der Waals surface area (Å²) in [5.74, 6) is -0.229. The first-order valence-corrected chi connectivity index (χ1v) is 6.03. The monoisotopic (exact) mass is 272 g/mol. The van der Waals surface area contributed by atoms with Gasteiger partial charge in [-0.25, -0.2) is 0 Å². The van der Waals surface area contributed by atoms with Gasteiger partial charge in [0.05, 0.1) is 5.69 Å². The molecule has 5 heteroatoms. The molecule has 0 atom stereocenters. The van der Waals surface area contributed by atoms with E-state index in [1.165, 1.54) is 6.07 Å². The molecule has 0 aromatic heterocycles. The normalized spacial score (nSPS) is 9.68. The van der Waals surface area contributed by atoms with E-state index in [1.54, 1.807) is 42.5 Å². The summed E-state index contributed by atoms with van der Waals surface area (Å²) < 4.78 is 0. The highest BCUT2D eigenvalue weighted by atomic mass is 32.1. The first-order valence-electron chi connectivity index (χ1n) is 5.62. The SMILES string of the molecule is O=C(NC(=S)Nc1ccccc1O)c1ccccc1. The van der Waals surface area contributed by atoms with Crippen LogP contribution in [0.15, 0.2) is 54.6 Å². The first-order chi connectivity index (χ1) is 9.16. The maximum atomic E-state index is 11.8. The van der Waals surface area contributed by atoms with Crippen LogP contribution in [0.4, 0.5) is 5.69 Å². The lowest BCUT2D eigenvalue weighted by atomic mass is 10.2. The highest BCUT2D eigenvalue weighted by molar-refractivity contribution is 7.80. The van der Waals surface area contributed by atoms with Crippen molar-refractivity contribution in [1.29, 1.82) is 0 Å². The van der Waals surface area contributed by atoms with Gasteiger partial charge in [0.15, 0.2) is 5.11 Å². The molecule has 0 saturated carbocycles. The minimum absolute atomic E-state index is 0.0683. The third-order valence-corrected chi connectivity index (χ3v) is 2.62. The number of phenols is 1. The maximum Gasteiger partial charge on any atom is 0.257 e. The van der Waals surface area contributed by atoms with Crippen molar-refractivity contribution >= 4 is 28.9 Å². The van der Waals surface area contributed by atoms with Crippen LogP contribution in [0.5, 0.6) is 5.75 Å². The van der Waals surface area contributed by atoms with Crippen LogP contribution in [-0.2, 0) is 0 Å². The largest absolute Gasteiger partial charge is 0.506 e. The Kier molecular flexibility index (Phi) is 4.10. The van der Waals surface area contributed by atoms with Crippen molar-refractivity contribution in [1.82, 2.24) is 5.32 Å². The summed E-state index contributed by atoms with van der Waals surface area (Å²) >= 11 is 5.02. The number of anilines is 1. The second-order valence-electron chi connectivity index (χ2n) is 3.79. The van der Waals surface area contributed by atoms with E-state index in [0.717, 1.165) is 0 Å². The molecule has 3 N–H and O–H groups in total. The Bertz CT molecular complexity index is 599. The van der Waals surface area contributed by atoms with Crippen molar-refractivity contribution in [2.24, 2.45) is 0 Å². The molecule has 2 aromatic rings. The Morgan fingerprint density at radius 2 is 1.63 bits per heavy atom. The van der Waals surface area contributed by atoms with Crippen molar-refractivity contribution < 1.29 is 9.90 Å². The molecular weight excluding hydrogens is 260 g/mol. The van der Waals surface area contributed by atoms with Crippen molar-refractivity contribution in [3.8, 4) is 5.75 Å². The number of amides is 1. The van der Waals surface area contributed by atoms with Gasteiger partial charge in [0.2, 0.25) is 0 Å². The van der Waals surface area contributed by atoms with E-state index < -0.39 is 0 Å². The van der Waals surface area contributed by atoms with Crippen LogP contribution < -0.4 is 10.6 Å². The number of aromatic hydroxyl groups is 1. The maximum absolute atomic E-state index is 11.8. The fourth-order valence-electron chi connectivity index (χ4n) is 1.50. The van der Waals surface area contributed by atoms with Gasteiger partial charge in [-0.2, -0.15) is 0 Å². The second kappa shape index (κ2) is 5.97. The van der Waals surface area contributed by atoms with Crippen LogP contribution in [0.1, 0.15) is 10.4 Å². The molecule has 2 rings (SSSR count). The molecular formula is C14H12N2O2S. The average Bonchev–Trinajstić information content (AvgIpc) is 2.42. The van der Waals surface area contributed by atoms with E-state index in [2.05, 4.69) is 10.6 Å². The number of carbonyl (C=O) groups is 1. The molecule has 4 nitrogen and oxygen atoms in total. The van der Waals surface area contributed by atoms with Gasteiger partial charge in [0.1, 0.15) is 5.75 Å². The Labute approximate surface area is 116 Å². The minimum Gasteiger partial charge on any atom is -0.506 e. The summed E-state index contributed by atoms with van der Waals surface area (Å²) in [6.07, 6.45) is 0. The van der Waals surface area contributed by atoms with Crippen LogP contribution in [0.25, 0.3) is 0 Å². The molecule has 0 aliphatic rings. The predicted octanol–water partition coefficient (Wildman–Crippen LogP) is 2.52. The number of benzene rings is 2. The van der Waals surface area contributed by atoms with Crippen molar-refractivity contribution in [3.63, 3.8) is 0 Å². The van der Waals surface area contributed by atoms with Gasteiger partial charge in [-0.3, -0.25) is 10.1 Å². The lowest BCUT2D eigenvalue weighted by molar-refractivity contribution is 0.0977. The van der Waals surface area contributed by atoms with E-state index in [9.17, 15) is 9.90 Å². The second-order valence-corrected chi connectivity index (χ2v) is 4.20. The molecule has 2 aromatic carbocycles. The highest BCUT2D eigenvalue weighted by Crippen LogP contribution is 2.21. The van der Waals surface area contributed by atoms with Gasteiger partial charge < -0.3 is 10.4 Å². The van der Waals surface area contributed by atoms with Gasteiger partial charge >= 0.3 is 0 Å². The summed E-state index contributed by atoms with van der Waals surface area (Å²) in [6, 6.07) is 15.4. The standard InChI is InChI=1S/C14H12N2O2S/c17-12-9-5-4-8-11(12)15-14(19)16-13(18)10-6-2-1-3-7-10/h1-9,17H,(H2,15,16,18,19). The van der Waals surface area contributed by atoms with E-state index in [0.29, 0.717) is 11.3 Å². The number of carbonyl (C=O) groups excluding carboxylic acids is 1. The van der Waals surface area contributed by atoms with E-state index in [-0.39, 0.29) is 16.8 Å². The van der Waals surface area contributed by atoms with E-state index in [4.69, 9.17) is 12.2 Å². The summed E-state index contributed by atoms with van der Waals surface area (Å²) in [5, 5.41) is 15.0. The zero-order valence-corrected chi connectivity index (χ0v) is 10.8. The van der Waals surface area contributed by atoms with Gasteiger partial charge in [-0.15, -0.1) is 0 Å². The number of nitrogens with one attached hydrogen (secondary N) is 2. The molecule has 96 valence electrons. The molecule has 0 unspecified atom stereocenters. The number of phenolic OH excluding ortho intramolecular Hbond substituents is 1. The number of thiocarbonyl (C=S) groups is 1. The molecule has 19 heavy (non-hydrogen) atoms. The Morgan fingerprint density at radius 3 is 2.32 bits per heavy atom. The summed E-state index contributed by atoms with van der Waals surface area (Å²) in [5.41, 5.74) is 0.963. The van der Waals surface area contributed by atoms with Gasteiger partial charge in [0, 0.05) is 5.56 Å². The highest BCUT2D eigenvalue weighted by Gasteiger charge is 2.08. The number of hydrogen-bond acceptors (Lipinski definition) is 3. The summed E-state index contributed by atoms with van der Waals surface area (Å²) in [7, 11) is 0. The van der Waals surface area contributed by atoms with Gasteiger partial charge in [-0.05, 0) is 36.5 Å². The Balaban J connectivity index is 1.99. The molecule has 0 aliphatic carbocycles. The van der Waals surface area contributed by atoms with Crippen molar-refractivity contribution in [2.75, 3.05) is 5.32 Å². The molecule has 0 saturated heterocycles. The van der Waals surface area contributed by atoms with E-state index in [1.807, 2.05) is 6.07 Å². The van der Waals surface area contributed by atoms with Crippen LogP contribution in [0.2, 0.25) is 0 Å². The quantitative estimate of drug-likeness (QED) is 0.581. The minimum atomic E-state index is -0.298. The molecule has 0 bridgehead atoms.